The average molecular weight is 310 g/mol. The molecular weight excluding hydrogens is 298 g/mol. The molecule has 0 fully saturated rings. The van der Waals surface area contributed by atoms with Crippen molar-refractivity contribution in [3.8, 4) is 0 Å². The molecule has 2 rings (SSSR count). The van der Waals surface area contributed by atoms with Gasteiger partial charge in [-0.1, -0.05) is 6.07 Å². The minimum Gasteiger partial charge on any atom is -0.332 e. The molecule has 6 heteroatoms. The van der Waals surface area contributed by atoms with E-state index in [2.05, 4.69) is 10.6 Å². The molecule has 2 nitrogen and oxygen atoms in total. The van der Waals surface area contributed by atoms with E-state index in [1.54, 1.807) is 11.8 Å². The Balaban J connectivity index is 2.05. The normalized spacial score (nSPS) is 10.2. The van der Waals surface area contributed by atoms with Gasteiger partial charge in [0.25, 0.3) is 0 Å². The van der Waals surface area contributed by atoms with E-state index in [1.807, 2.05) is 30.5 Å². The number of halogens is 2. The van der Waals surface area contributed by atoms with Gasteiger partial charge >= 0.3 is 0 Å². The minimum absolute atomic E-state index is 0.130. The van der Waals surface area contributed by atoms with Gasteiger partial charge in [-0.25, -0.2) is 8.78 Å². The van der Waals surface area contributed by atoms with Crippen molar-refractivity contribution in [2.45, 2.75) is 4.90 Å². The molecule has 0 bridgehead atoms. The molecule has 2 N–H and O–H groups in total. The zero-order chi connectivity index (χ0) is 14.5. The smallest absolute Gasteiger partial charge is 0.175 e. The number of hydrogen-bond acceptors (Lipinski definition) is 2. The van der Waals surface area contributed by atoms with Gasteiger partial charge in [-0.3, -0.25) is 0 Å². The van der Waals surface area contributed by atoms with Crippen LogP contribution in [0.15, 0.2) is 47.4 Å². The van der Waals surface area contributed by atoms with Crippen LogP contribution in [0.4, 0.5) is 20.2 Å². The fraction of sp³-hybridized carbons (Fsp3) is 0.0714. The Labute approximate surface area is 125 Å². The zero-order valence-electron chi connectivity index (χ0n) is 10.6. The minimum atomic E-state index is -0.688. The van der Waals surface area contributed by atoms with E-state index in [4.69, 9.17) is 12.2 Å². The first-order valence-electron chi connectivity index (χ1n) is 5.75. The zero-order valence-corrected chi connectivity index (χ0v) is 12.2. The summed E-state index contributed by atoms with van der Waals surface area (Å²) < 4.78 is 26.3. The van der Waals surface area contributed by atoms with Crippen molar-refractivity contribution in [1.82, 2.24) is 0 Å². The van der Waals surface area contributed by atoms with Crippen molar-refractivity contribution >= 4 is 40.5 Å². The van der Waals surface area contributed by atoms with Gasteiger partial charge in [0.1, 0.15) is 11.6 Å². The van der Waals surface area contributed by atoms with Crippen LogP contribution in [-0.2, 0) is 0 Å². The van der Waals surface area contributed by atoms with Gasteiger partial charge in [-0.15, -0.1) is 11.8 Å². The molecule has 0 saturated carbocycles. The lowest BCUT2D eigenvalue weighted by Crippen LogP contribution is -2.19. The summed E-state index contributed by atoms with van der Waals surface area (Å²) in [4.78, 5) is 1.09. The molecule has 0 radical (unpaired) electrons. The molecule has 0 aliphatic rings. The fourth-order valence-electron chi connectivity index (χ4n) is 1.58. The quantitative estimate of drug-likeness (QED) is 0.644. The van der Waals surface area contributed by atoms with Gasteiger partial charge in [0.2, 0.25) is 0 Å². The molecule has 0 aliphatic carbocycles. The Morgan fingerprint density at radius 1 is 1.10 bits per heavy atom. The lowest BCUT2D eigenvalue weighted by atomic mass is 10.3. The number of nitrogens with one attached hydrogen (secondary N) is 2. The van der Waals surface area contributed by atoms with E-state index < -0.39 is 11.6 Å². The summed E-state index contributed by atoms with van der Waals surface area (Å²) in [7, 11) is 0. The van der Waals surface area contributed by atoms with E-state index in [1.165, 1.54) is 12.1 Å². The van der Waals surface area contributed by atoms with Crippen LogP contribution >= 0.6 is 24.0 Å². The monoisotopic (exact) mass is 310 g/mol. The van der Waals surface area contributed by atoms with Crippen molar-refractivity contribution in [2.75, 3.05) is 16.9 Å². The van der Waals surface area contributed by atoms with Gasteiger partial charge in [-0.05, 0) is 48.8 Å². The van der Waals surface area contributed by atoms with Gasteiger partial charge < -0.3 is 10.6 Å². The maximum absolute atomic E-state index is 13.5. The number of benzene rings is 2. The van der Waals surface area contributed by atoms with Crippen LogP contribution in [0.25, 0.3) is 0 Å². The molecule has 0 spiro atoms. The van der Waals surface area contributed by atoms with Gasteiger partial charge in [0.15, 0.2) is 5.11 Å². The maximum atomic E-state index is 13.5. The number of thioether (sulfide) groups is 1. The molecule has 20 heavy (non-hydrogen) atoms. The molecular formula is C14H12F2N2S2. The maximum Gasteiger partial charge on any atom is 0.175 e. The predicted octanol–water partition coefficient (Wildman–Crippen LogP) is 4.50. The molecule has 0 amide bonds. The van der Waals surface area contributed by atoms with Crippen LogP contribution in [0.3, 0.4) is 0 Å². The SMILES string of the molecule is CSc1cccc(NC(=S)Nc2ccc(F)cc2F)c1. The Morgan fingerprint density at radius 2 is 1.90 bits per heavy atom. The Morgan fingerprint density at radius 3 is 2.60 bits per heavy atom. The lowest BCUT2D eigenvalue weighted by Gasteiger charge is -2.11. The highest BCUT2D eigenvalue weighted by molar-refractivity contribution is 7.98. The summed E-state index contributed by atoms with van der Waals surface area (Å²) in [6.07, 6.45) is 1.98. The Kier molecular flexibility index (Phi) is 4.92. The lowest BCUT2D eigenvalue weighted by molar-refractivity contribution is 0.586. The molecule has 0 atom stereocenters. The molecule has 104 valence electrons. The van der Waals surface area contributed by atoms with Crippen LogP contribution in [0, 0.1) is 11.6 Å². The van der Waals surface area contributed by atoms with Crippen LogP contribution in [0.5, 0.6) is 0 Å². The van der Waals surface area contributed by atoms with E-state index in [0.717, 1.165) is 16.6 Å². The molecule has 0 heterocycles. The highest BCUT2D eigenvalue weighted by Crippen LogP contribution is 2.20. The summed E-state index contributed by atoms with van der Waals surface area (Å²) in [6.45, 7) is 0. The molecule has 2 aromatic rings. The highest BCUT2D eigenvalue weighted by atomic mass is 32.2. The van der Waals surface area contributed by atoms with Crippen molar-refractivity contribution < 1.29 is 8.78 Å². The first kappa shape index (κ1) is 14.7. The topological polar surface area (TPSA) is 24.1 Å². The van der Waals surface area contributed by atoms with E-state index >= 15 is 0 Å². The second kappa shape index (κ2) is 6.67. The summed E-state index contributed by atoms with van der Waals surface area (Å²) in [5, 5.41) is 5.89. The molecule has 0 aromatic heterocycles. The van der Waals surface area contributed by atoms with Crippen molar-refractivity contribution in [3.05, 3.63) is 54.1 Å². The summed E-state index contributed by atoms with van der Waals surface area (Å²) in [5.74, 6) is -1.31. The summed E-state index contributed by atoms with van der Waals surface area (Å²) >= 11 is 6.71. The van der Waals surface area contributed by atoms with Gasteiger partial charge in [-0.2, -0.15) is 0 Å². The van der Waals surface area contributed by atoms with Crippen LogP contribution in [-0.4, -0.2) is 11.4 Å². The third kappa shape index (κ3) is 3.91. The predicted molar refractivity (Wildman–Crippen MR) is 84.4 cm³/mol. The van der Waals surface area contributed by atoms with E-state index in [-0.39, 0.29) is 10.8 Å². The first-order valence-corrected chi connectivity index (χ1v) is 7.39. The number of thiocarbonyl (C=S) groups is 1. The highest BCUT2D eigenvalue weighted by Gasteiger charge is 2.06. The Bertz CT molecular complexity index is 632. The second-order valence-corrected chi connectivity index (χ2v) is 5.22. The van der Waals surface area contributed by atoms with Crippen LogP contribution in [0.2, 0.25) is 0 Å². The number of hydrogen-bond donors (Lipinski definition) is 2. The third-order valence-electron chi connectivity index (χ3n) is 2.51. The molecule has 0 unspecified atom stereocenters. The number of anilines is 2. The average Bonchev–Trinajstić information content (AvgIpc) is 2.42. The van der Waals surface area contributed by atoms with Gasteiger partial charge in [0.05, 0.1) is 5.69 Å². The summed E-state index contributed by atoms with van der Waals surface area (Å²) in [5.41, 5.74) is 0.932. The molecule has 0 aliphatic heterocycles. The third-order valence-corrected chi connectivity index (χ3v) is 3.44. The Hall–Kier alpha value is -1.66. The van der Waals surface area contributed by atoms with Crippen molar-refractivity contribution in [3.63, 3.8) is 0 Å². The fourth-order valence-corrected chi connectivity index (χ4v) is 2.26. The standard InChI is InChI=1S/C14H12F2N2S2/c1-20-11-4-2-3-10(8-11)17-14(19)18-13-6-5-9(15)7-12(13)16/h2-8H,1H3,(H2,17,18,19). The molecule has 0 saturated heterocycles. The first-order chi connectivity index (χ1) is 9.58. The van der Waals surface area contributed by atoms with E-state index in [9.17, 15) is 8.78 Å². The van der Waals surface area contributed by atoms with Crippen LogP contribution < -0.4 is 10.6 Å². The summed E-state index contributed by atoms with van der Waals surface area (Å²) in [6, 6.07) is 10.9. The second-order valence-electron chi connectivity index (χ2n) is 3.94. The van der Waals surface area contributed by atoms with Crippen molar-refractivity contribution in [1.29, 1.82) is 0 Å². The number of rotatable bonds is 3. The van der Waals surface area contributed by atoms with Crippen LogP contribution in [0.1, 0.15) is 0 Å². The van der Waals surface area contributed by atoms with E-state index in [0.29, 0.717) is 0 Å². The largest absolute Gasteiger partial charge is 0.332 e. The van der Waals surface area contributed by atoms with Gasteiger partial charge in [0, 0.05) is 16.6 Å². The van der Waals surface area contributed by atoms with Crippen molar-refractivity contribution in [2.24, 2.45) is 0 Å². The molecule has 2 aromatic carbocycles.